The lowest BCUT2D eigenvalue weighted by Crippen LogP contribution is -2.00. The number of halogens is 10. The number of hydrogen-bond acceptors (Lipinski definition) is 0. The minimum atomic E-state index is -4.89. The van der Waals surface area contributed by atoms with E-state index in [1.165, 1.54) is 0 Å². The zero-order valence-corrected chi connectivity index (χ0v) is 8.61. The molecule has 0 aliphatic carbocycles. The van der Waals surface area contributed by atoms with Gasteiger partial charge in [-0.3, -0.25) is 0 Å². The molecule has 0 heterocycles. The summed E-state index contributed by atoms with van der Waals surface area (Å²) < 4.78 is 86.2. The lowest BCUT2D eigenvalue weighted by Gasteiger charge is -1.93. The van der Waals surface area contributed by atoms with Gasteiger partial charge in [-0.1, -0.05) is 11.6 Å². The number of hydrogen-bond donors (Lipinski definition) is 0. The largest absolute Gasteiger partial charge is 0.414 e. The van der Waals surface area contributed by atoms with Crippen molar-refractivity contribution in [3.05, 3.63) is 23.8 Å². The fraction of sp³-hybridized carbons (Fsp3) is 0.333. The van der Waals surface area contributed by atoms with Gasteiger partial charge in [0.05, 0.1) is 6.08 Å². The van der Waals surface area contributed by atoms with Crippen molar-refractivity contribution in [2.24, 2.45) is 0 Å². The van der Waals surface area contributed by atoms with Crippen LogP contribution in [0.1, 0.15) is 0 Å². The molecule has 98 valence electrons. The zero-order chi connectivity index (χ0) is 12.7. The Morgan fingerprint density at radius 2 is 1.25 bits per heavy atom. The van der Waals surface area contributed by atoms with E-state index in [0.29, 0.717) is 5.54 Å². The summed E-state index contributed by atoms with van der Waals surface area (Å²) in [6.45, 7) is 0. The van der Waals surface area contributed by atoms with E-state index >= 15 is 0 Å². The Balaban J connectivity index is -0.000000200. The van der Waals surface area contributed by atoms with Gasteiger partial charge in [0.15, 0.2) is 0 Å². The van der Waals surface area contributed by atoms with Crippen molar-refractivity contribution in [3.8, 4) is 0 Å². The molecule has 0 aliphatic rings. The van der Waals surface area contributed by atoms with Crippen molar-refractivity contribution in [1.29, 1.82) is 0 Å². The van der Waals surface area contributed by atoms with Gasteiger partial charge in [0, 0.05) is 11.6 Å². The molecular formula is C6H4Cl2F8. The predicted molar refractivity (Wildman–Crippen MR) is 44.7 cm³/mol. The molecule has 0 radical (unpaired) electrons. The van der Waals surface area contributed by atoms with Crippen LogP contribution in [0.5, 0.6) is 0 Å². The molecule has 0 nitrogen and oxygen atoms in total. The average molecular weight is 299 g/mol. The second-order valence-corrected chi connectivity index (χ2v) is 2.06. The molecule has 0 spiro atoms. The van der Waals surface area contributed by atoms with Gasteiger partial charge in [-0.2, -0.15) is 35.1 Å². The maximum Gasteiger partial charge on any atom is 0.414 e. The van der Waals surface area contributed by atoms with E-state index in [2.05, 4.69) is 11.6 Å². The summed E-state index contributed by atoms with van der Waals surface area (Å²) in [6, 6.07) is 0. The van der Waals surface area contributed by atoms with E-state index in [-0.39, 0.29) is 18.5 Å². The van der Waals surface area contributed by atoms with Crippen molar-refractivity contribution in [2.45, 2.75) is 12.4 Å². The van der Waals surface area contributed by atoms with Gasteiger partial charge in [0.25, 0.3) is 6.08 Å². The van der Waals surface area contributed by atoms with E-state index in [1.54, 1.807) is 0 Å². The first-order chi connectivity index (χ1) is 6.48. The van der Waals surface area contributed by atoms with Crippen molar-refractivity contribution in [1.82, 2.24) is 0 Å². The molecule has 0 atom stereocenters. The molecule has 0 rings (SSSR count). The third-order valence-corrected chi connectivity index (χ3v) is 0.651. The van der Waals surface area contributed by atoms with Gasteiger partial charge in [-0.15, -0.1) is 12.4 Å². The standard InChI is InChI=1S/C3H2ClF3.C3HF5.ClH/c4-2-1-3(5,6)7;4-2(5)1-3(6,7)8;/h1-2H;1H;1H/b2-1-;;. The topological polar surface area (TPSA) is 0 Å². The fourth-order valence-electron chi connectivity index (χ4n) is 0.195. The molecular weight excluding hydrogens is 295 g/mol. The maximum absolute atomic E-state index is 10.9. The van der Waals surface area contributed by atoms with Crippen LogP contribution in [0.4, 0.5) is 35.1 Å². The van der Waals surface area contributed by atoms with Crippen LogP contribution in [-0.2, 0) is 0 Å². The SMILES string of the molecule is Cl.FC(F)(F)/C=C\Cl.FC(F)=CC(F)(F)F. The molecule has 0 fully saturated rings. The van der Waals surface area contributed by atoms with Crippen LogP contribution < -0.4 is 0 Å². The number of allylic oxidation sites excluding steroid dienone is 2. The van der Waals surface area contributed by atoms with E-state index in [1.807, 2.05) is 0 Å². The van der Waals surface area contributed by atoms with Crippen LogP contribution >= 0.6 is 24.0 Å². The first-order valence-electron chi connectivity index (χ1n) is 2.93. The second-order valence-electron chi connectivity index (χ2n) is 1.81. The Morgan fingerprint density at radius 3 is 1.25 bits per heavy atom. The third kappa shape index (κ3) is 29.2. The Hall–Kier alpha value is -0.500. The highest BCUT2D eigenvalue weighted by molar-refractivity contribution is 6.25. The summed E-state index contributed by atoms with van der Waals surface area (Å²) in [5, 5.41) is 0. The summed E-state index contributed by atoms with van der Waals surface area (Å²) in [4.78, 5) is 0. The zero-order valence-electron chi connectivity index (χ0n) is 7.04. The van der Waals surface area contributed by atoms with Gasteiger partial charge in [-0.25, -0.2) is 0 Å². The Morgan fingerprint density at radius 1 is 0.875 bits per heavy atom. The van der Waals surface area contributed by atoms with Crippen LogP contribution in [0.2, 0.25) is 0 Å². The van der Waals surface area contributed by atoms with E-state index < -0.39 is 24.5 Å². The molecule has 16 heavy (non-hydrogen) atoms. The molecule has 0 aliphatic heterocycles. The molecule has 0 aromatic heterocycles. The van der Waals surface area contributed by atoms with E-state index in [4.69, 9.17) is 0 Å². The lowest BCUT2D eigenvalue weighted by molar-refractivity contribution is -0.0829. The van der Waals surface area contributed by atoms with Crippen molar-refractivity contribution >= 4 is 24.0 Å². The van der Waals surface area contributed by atoms with Gasteiger partial charge < -0.3 is 0 Å². The highest BCUT2D eigenvalue weighted by Gasteiger charge is 2.25. The predicted octanol–water partition coefficient (Wildman–Crippen LogP) is 5.05. The first-order valence-corrected chi connectivity index (χ1v) is 3.37. The van der Waals surface area contributed by atoms with Crippen molar-refractivity contribution < 1.29 is 35.1 Å². The summed E-state index contributed by atoms with van der Waals surface area (Å²) >= 11 is 4.59. The summed E-state index contributed by atoms with van der Waals surface area (Å²) in [7, 11) is 0. The van der Waals surface area contributed by atoms with Gasteiger partial charge in [-0.05, 0) is 0 Å². The highest BCUT2D eigenvalue weighted by atomic mass is 35.5. The molecule has 0 saturated carbocycles. The Labute approximate surface area is 96.0 Å². The number of rotatable bonds is 0. The van der Waals surface area contributed by atoms with Crippen molar-refractivity contribution in [2.75, 3.05) is 0 Å². The molecule has 0 unspecified atom stereocenters. The summed E-state index contributed by atoms with van der Waals surface area (Å²) in [6.07, 6.45) is -13.0. The van der Waals surface area contributed by atoms with Crippen LogP contribution in [0, 0.1) is 0 Å². The first kappa shape index (κ1) is 20.9. The normalized spacial score (nSPS) is 11.3. The highest BCUT2D eigenvalue weighted by Crippen LogP contribution is 2.19. The van der Waals surface area contributed by atoms with Gasteiger partial charge in [0.1, 0.15) is 0 Å². The molecule has 0 aromatic carbocycles. The van der Waals surface area contributed by atoms with Crippen LogP contribution in [0.15, 0.2) is 23.8 Å². The van der Waals surface area contributed by atoms with E-state index in [9.17, 15) is 35.1 Å². The van der Waals surface area contributed by atoms with Gasteiger partial charge in [0.2, 0.25) is 0 Å². The smallest absolute Gasteiger partial charge is 0.173 e. The monoisotopic (exact) mass is 298 g/mol. The van der Waals surface area contributed by atoms with E-state index in [0.717, 1.165) is 0 Å². The molecule has 0 N–H and O–H groups in total. The lowest BCUT2D eigenvalue weighted by atomic mass is 10.6. The molecule has 0 aromatic rings. The third-order valence-electron chi connectivity index (χ3n) is 0.525. The molecule has 0 saturated heterocycles. The summed E-state index contributed by atoms with van der Waals surface area (Å²) in [5.74, 6) is 0. The minimum Gasteiger partial charge on any atom is -0.173 e. The number of alkyl halides is 6. The quantitative estimate of drug-likeness (QED) is 0.549. The van der Waals surface area contributed by atoms with Crippen LogP contribution in [0.25, 0.3) is 0 Å². The molecule has 10 heteroatoms. The Bertz CT molecular complexity index is 222. The van der Waals surface area contributed by atoms with Crippen molar-refractivity contribution in [3.63, 3.8) is 0 Å². The Kier molecular flexibility index (Phi) is 11.2. The average Bonchev–Trinajstić information content (AvgIpc) is 1.77. The second kappa shape index (κ2) is 8.63. The minimum absolute atomic E-state index is 0. The fourth-order valence-corrected chi connectivity index (χ4v) is 0.338. The molecule has 0 bridgehead atoms. The summed E-state index contributed by atoms with van der Waals surface area (Å²) in [5.41, 5.74) is 0.431. The molecule has 0 amide bonds. The maximum atomic E-state index is 10.9. The van der Waals surface area contributed by atoms with Crippen LogP contribution in [0.3, 0.4) is 0 Å². The van der Waals surface area contributed by atoms with Crippen LogP contribution in [-0.4, -0.2) is 12.4 Å². The van der Waals surface area contributed by atoms with Gasteiger partial charge >= 0.3 is 12.4 Å².